The Hall–Kier alpha value is -3.20. The molecule has 0 aliphatic heterocycles. The molecule has 1 unspecified atom stereocenters. The van der Waals surface area contributed by atoms with E-state index in [1.165, 1.54) is 50.2 Å². The van der Waals surface area contributed by atoms with Crippen molar-refractivity contribution < 1.29 is 0 Å². The molecule has 2 aromatic heterocycles. The monoisotopic (exact) mass is 449 g/mol. The average molecular weight is 450 g/mol. The summed E-state index contributed by atoms with van der Waals surface area (Å²) >= 11 is 0. The number of aryl methyl sites for hydroxylation is 6. The van der Waals surface area contributed by atoms with Gasteiger partial charge >= 0.3 is 0 Å². The molecule has 174 valence electrons. The number of fused-ring (bicyclic) bond motifs is 3. The first-order chi connectivity index (χ1) is 16.4. The van der Waals surface area contributed by atoms with E-state index in [-0.39, 0.29) is 0 Å². The number of hydrogen-bond acceptors (Lipinski definition) is 2. The van der Waals surface area contributed by atoms with E-state index in [0.717, 1.165) is 42.7 Å². The molecular weight excluding hydrogens is 414 g/mol. The lowest BCUT2D eigenvalue weighted by molar-refractivity contribution is 0.640. The average Bonchev–Trinajstić information content (AvgIpc) is 3.31. The maximum atomic E-state index is 5.15. The molecule has 34 heavy (non-hydrogen) atoms. The van der Waals surface area contributed by atoms with Crippen molar-refractivity contribution in [3.8, 4) is 11.1 Å². The topological polar surface area (TPSA) is 30.2 Å². The predicted molar refractivity (Wildman–Crippen MR) is 142 cm³/mol. The molecule has 2 heterocycles. The van der Waals surface area contributed by atoms with Gasteiger partial charge in [-0.15, -0.1) is 0 Å². The Morgan fingerprint density at radius 1 is 0.853 bits per heavy atom. The number of aromatic nitrogens is 3. The molecule has 3 nitrogen and oxygen atoms in total. The van der Waals surface area contributed by atoms with Gasteiger partial charge in [0.05, 0.1) is 17.0 Å². The molecule has 0 N–H and O–H groups in total. The standard InChI is InChI=1S/C31H35N3/c1-7-11-25-18-27-22(5)32-31-29(28-20(3)16-19(2)17-21(28)4)23(6)33-34(31)30(27)26(25)15-14-24-12-9-8-10-13-24/h8-10,12-13,16-18,26H,7,11,14-15H2,1-6H3. The first-order valence-corrected chi connectivity index (χ1v) is 12.6. The minimum Gasteiger partial charge on any atom is -0.233 e. The Morgan fingerprint density at radius 2 is 1.56 bits per heavy atom. The lowest BCUT2D eigenvalue weighted by atomic mass is 9.90. The van der Waals surface area contributed by atoms with Crippen LogP contribution in [0.3, 0.4) is 0 Å². The zero-order valence-electron chi connectivity index (χ0n) is 21.4. The van der Waals surface area contributed by atoms with Crippen LogP contribution in [0.15, 0.2) is 48.0 Å². The van der Waals surface area contributed by atoms with Crippen molar-refractivity contribution >= 4 is 11.7 Å². The Balaban J connectivity index is 1.68. The van der Waals surface area contributed by atoms with Crippen LogP contribution < -0.4 is 0 Å². The van der Waals surface area contributed by atoms with E-state index in [4.69, 9.17) is 10.1 Å². The summed E-state index contributed by atoms with van der Waals surface area (Å²) in [6.07, 6.45) is 6.85. The van der Waals surface area contributed by atoms with E-state index in [9.17, 15) is 0 Å². The van der Waals surface area contributed by atoms with Crippen LogP contribution in [0.25, 0.3) is 22.9 Å². The first kappa shape index (κ1) is 22.6. The maximum absolute atomic E-state index is 5.15. The smallest absolute Gasteiger partial charge is 0.163 e. The summed E-state index contributed by atoms with van der Waals surface area (Å²) < 4.78 is 2.18. The van der Waals surface area contributed by atoms with Gasteiger partial charge in [0.1, 0.15) is 0 Å². The molecule has 0 bridgehead atoms. The molecule has 4 aromatic rings. The lowest BCUT2D eigenvalue weighted by Gasteiger charge is -2.18. The summed E-state index contributed by atoms with van der Waals surface area (Å²) in [5, 5.41) is 5.13. The molecule has 0 radical (unpaired) electrons. The molecule has 0 fully saturated rings. The summed E-state index contributed by atoms with van der Waals surface area (Å²) in [4.78, 5) is 5.15. The number of rotatable bonds is 6. The Bertz CT molecular complexity index is 1380. The SMILES string of the molecule is CCCC1=Cc2c(C)nc3c(-c4c(C)cc(C)cc4C)c(C)nn3c2C1CCc1ccccc1. The fraction of sp³-hybridized carbons (Fsp3) is 0.355. The molecule has 1 aliphatic rings. The van der Waals surface area contributed by atoms with Crippen molar-refractivity contribution in [1.29, 1.82) is 0 Å². The second-order valence-corrected chi connectivity index (χ2v) is 10.0. The van der Waals surface area contributed by atoms with E-state index in [1.807, 2.05) is 0 Å². The second kappa shape index (κ2) is 8.87. The molecule has 1 aliphatic carbocycles. The molecule has 0 saturated heterocycles. The molecule has 0 saturated carbocycles. The minimum absolute atomic E-state index is 0.381. The van der Waals surface area contributed by atoms with Gasteiger partial charge in [0.2, 0.25) is 0 Å². The van der Waals surface area contributed by atoms with Gasteiger partial charge in [-0.1, -0.05) is 73.0 Å². The Labute approximate surface area is 203 Å². The first-order valence-electron chi connectivity index (χ1n) is 12.6. The Morgan fingerprint density at radius 3 is 2.24 bits per heavy atom. The van der Waals surface area contributed by atoms with Gasteiger partial charge in [0.15, 0.2) is 5.65 Å². The summed E-state index contributed by atoms with van der Waals surface area (Å²) in [5.74, 6) is 0.381. The largest absolute Gasteiger partial charge is 0.233 e. The third-order valence-corrected chi connectivity index (χ3v) is 7.34. The van der Waals surface area contributed by atoms with Crippen molar-refractivity contribution in [2.24, 2.45) is 0 Å². The molecule has 5 rings (SSSR count). The van der Waals surface area contributed by atoms with E-state index < -0.39 is 0 Å². The molecule has 3 heteroatoms. The van der Waals surface area contributed by atoms with Crippen LogP contribution in [0.5, 0.6) is 0 Å². The third-order valence-electron chi connectivity index (χ3n) is 7.34. The van der Waals surface area contributed by atoms with Crippen LogP contribution >= 0.6 is 0 Å². The highest BCUT2D eigenvalue weighted by atomic mass is 15.3. The van der Waals surface area contributed by atoms with Gasteiger partial charge in [-0.2, -0.15) is 5.10 Å². The highest BCUT2D eigenvalue weighted by molar-refractivity contribution is 5.85. The van der Waals surface area contributed by atoms with Gasteiger partial charge in [0.25, 0.3) is 0 Å². The van der Waals surface area contributed by atoms with E-state index in [0.29, 0.717) is 5.92 Å². The summed E-state index contributed by atoms with van der Waals surface area (Å²) in [5.41, 5.74) is 15.1. The number of nitrogens with zero attached hydrogens (tertiary/aromatic N) is 3. The molecule has 1 atom stereocenters. The van der Waals surface area contributed by atoms with E-state index in [1.54, 1.807) is 0 Å². The Kier molecular flexibility index (Phi) is 5.89. The number of allylic oxidation sites excluding steroid dienone is 1. The number of hydrogen-bond donors (Lipinski definition) is 0. The van der Waals surface area contributed by atoms with Crippen molar-refractivity contribution in [1.82, 2.24) is 14.6 Å². The fourth-order valence-corrected chi connectivity index (χ4v) is 5.96. The van der Waals surface area contributed by atoms with Gasteiger partial charge in [0, 0.05) is 17.2 Å². The molecule has 2 aromatic carbocycles. The highest BCUT2D eigenvalue weighted by Crippen LogP contribution is 2.44. The second-order valence-electron chi connectivity index (χ2n) is 10.0. The fourth-order valence-electron chi connectivity index (χ4n) is 5.96. The van der Waals surface area contributed by atoms with Crippen LogP contribution in [0, 0.1) is 34.6 Å². The van der Waals surface area contributed by atoms with Crippen molar-refractivity contribution in [2.45, 2.75) is 73.1 Å². The summed E-state index contributed by atoms with van der Waals surface area (Å²) in [7, 11) is 0. The maximum Gasteiger partial charge on any atom is 0.163 e. The van der Waals surface area contributed by atoms with Crippen molar-refractivity contribution in [2.75, 3.05) is 0 Å². The number of benzene rings is 2. The zero-order valence-corrected chi connectivity index (χ0v) is 21.4. The summed E-state index contributed by atoms with van der Waals surface area (Å²) in [6, 6.07) is 15.4. The van der Waals surface area contributed by atoms with Crippen LogP contribution in [-0.4, -0.2) is 14.6 Å². The summed E-state index contributed by atoms with van der Waals surface area (Å²) in [6.45, 7) is 13.2. The normalized spacial score (nSPS) is 15.1. The predicted octanol–water partition coefficient (Wildman–Crippen LogP) is 7.85. The minimum atomic E-state index is 0.381. The van der Waals surface area contributed by atoms with Crippen LogP contribution in [0.2, 0.25) is 0 Å². The zero-order chi connectivity index (χ0) is 24.0. The van der Waals surface area contributed by atoms with E-state index in [2.05, 4.69) is 94.6 Å². The quantitative estimate of drug-likeness (QED) is 0.300. The van der Waals surface area contributed by atoms with Gasteiger partial charge in [-0.25, -0.2) is 9.50 Å². The van der Waals surface area contributed by atoms with Gasteiger partial charge < -0.3 is 0 Å². The highest BCUT2D eigenvalue weighted by Gasteiger charge is 2.31. The van der Waals surface area contributed by atoms with Crippen LogP contribution in [0.1, 0.15) is 77.0 Å². The molecular formula is C31H35N3. The van der Waals surface area contributed by atoms with Crippen LogP contribution in [0.4, 0.5) is 0 Å². The van der Waals surface area contributed by atoms with Gasteiger partial charge in [-0.05, 0) is 76.1 Å². The van der Waals surface area contributed by atoms with Crippen molar-refractivity contribution in [3.05, 3.63) is 92.9 Å². The van der Waals surface area contributed by atoms with Crippen molar-refractivity contribution in [3.63, 3.8) is 0 Å². The lowest BCUT2D eigenvalue weighted by Crippen LogP contribution is -2.10. The third kappa shape index (κ3) is 3.77. The molecule has 0 spiro atoms. The molecule has 0 amide bonds. The van der Waals surface area contributed by atoms with E-state index >= 15 is 0 Å². The van der Waals surface area contributed by atoms with Gasteiger partial charge in [-0.3, -0.25) is 0 Å². The van der Waals surface area contributed by atoms with Crippen LogP contribution in [-0.2, 0) is 6.42 Å².